The molecule has 2 nitrogen and oxygen atoms in total. The molecule has 0 spiro atoms. The summed E-state index contributed by atoms with van der Waals surface area (Å²) in [7, 11) is 0. The van der Waals surface area contributed by atoms with E-state index in [1.807, 2.05) is 13.1 Å². The predicted molar refractivity (Wildman–Crippen MR) is 48.3 cm³/mol. The maximum Gasteiger partial charge on any atom is 0.150 e. The molecule has 0 bridgehead atoms. The van der Waals surface area contributed by atoms with Crippen LogP contribution in [-0.2, 0) is 4.79 Å². The Bertz CT molecular complexity index is 257. The molecule has 60 valence electrons. The van der Waals surface area contributed by atoms with Gasteiger partial charge in [-0.25, -0.2) is 4.98 Å². The van der Waals surface area contributed by atoms with Crippen LogP contribution in [0.2, 0.25) is 0 Å². The van der Waals surface area contributed by atoms with Gasteiger partial charge in [0.05, 0.1) is 5.75 Å². The zero-order valence-electron chi connectivity index (χ0n) is 6.46. The monoisotopic (exact) mass is 187 g/mol. The number of Topliss-reactive ketones (excluding diaryl/α,β-unsaturated/α-hetero) is 1. The van der Waals surface area contributed by atoms with Crippen LogP contribution in [0.3, 0.4) is 0 Å². The highest BCUT2D eigenvalue weighted by Crippen LogP contribution is 2.22. The number of rotatable bonds is 3. The predicted octanol–water partition coefficient (Wildman–Crippen LogP) is 2.13. The minimum Gasteiger partial charge on any atom is -0.299 e. The van der Waals surface area contributed by atoms with Crippen molar-refractivity contribution in [2.45, 2.75) is 18.2 Å². The summed E-state index contributed by atoms with van der Waals surface area (Å²) in [5.74, 6) is 0.732. The van der Waals surface area contributed by atoms with Crippen molar-refractivity contribution in [1.82, 2.24) is 4.98 Å². The summed E-state index contributed by atoms with van der Waals surface area (Å²) in [4.78, 5) is 15.9. The van der Waals surface area contributed by atoms with Gasteiger partial charge in [-0.05, 0) is 13.8 Å². The molecule has 0 amide bonds. The smallest absolute Gasteiger partial charge is 0.150 e. The molecule has 1 aromatic heterocycles. The number of nitrogens with zero attached hydrogens (tertiary/aromatic N) is 1. The number of aromatic nitrogens is 1. The molecule has 1 heterocycles. The first-order valence-electron chi connectivity index (χ1n) is 3.23. The number of hydrogen-bond acceptors (Lipinski definition) is 4. The first kappa shape index (κ1) is 8.74. The van der Waals surface area contributed by atoms with Crippen molar-refractivity contribution >= 4 is 28.9 Å². The van der Waals surface area contributed by atoms with Crippen LogP contribution >= 0.6 is 23.1 Å². The van der Waals surface area contributed by atoms with Crippen molar-refractivity contribution in [3.05, 3.63) is 11.1 Å². The number of aryl methyl sites for hydroxylation is 1. The van der Waals surface area contributed by atoms with Gasteiger partial charge >= 0.3 is 0 Å². The molecule has 0 fully saturated rings. The lowest BCUT2D eigenvalue weighted by Gasteiger charge is -1.89. The summed E-state index contributed by atoms with van der Waals surface area (Å²) in [6.07, 6.45) is 1.83. The molecule has 0 N–H and O–H groups in total. The van der Waals surface area contributed by atoms with Crippen molar-refractivity contribution in [2.24, 2.45) is 0 Å². The molecule has 0 atom stereocenters. The Morgan fingerprint density at radius 2 is 2.55 bits per heavy atom. The molecule has 4 heteroatoms. The van der Waals surface area contributed by atoms with Crippen LogP contribution in [0.5, 0.6) is 0 Å². The van der Waals surface area contributed by atoms with E-state index in [0.29, 0.717) is 5.75 Å². The maximum absolute atomic E-state index is 10.6. The zero-order chi connectivity index (χ0) is 8.27. The SMILES string of the molecule is CC(=O)CSc1ncc(C)s1. The summed E-state index contributed by atoms with van der Waals surface area (Å²) in [6, 6.07) is 0. The second kappa shape index (κ2) is 3.88. The number of carbonyl (C=O) groups excluding carboxylic acids is 1. The Labute approximate surface area is 74.0 Å². The first-order valence-corrected chi connectivity index (χ1v) is 5.03. The molecule has 0 aliphatic rings. The van der Waals surface area contributed by atoms with Gasteiger partial charge in [-0.1, -0.05) is 11.8 Å². The molecular formula is C7H9NOS2. The lowest BCUT2D eigenvalue weighted by atomic mass is 10.5. The minimum atomic E-state index is 0.197. The average molecular weight is 187 g/mol. The summed E-state index contributed by atoms with van der Waals surface area (Å²) in [5, 5.41) is 0. The van der Waals surface area contributed by atoms with Gasteiger partial charge in [0, 0.05) is 11.1 Å². The van der Waals surface area contributed by atoms with Crippen molar-refractivity contribution in [3.8, 4) is 0 Å². The molecule has 0 aliphatic carbocycles. The summed E-state index contributed by atoms with van der Waals surface area (Å²) < 4.78 is 0.984. The van der Waals surface area contributed by atoms with E-state index in [4.69, 9.17) is 0 Å². The molecule has 0 radical (unpaired) electrons. The van der Waals surface area contributed by atoms with Crippen LogP contribution in [0.25, 0.3) is 0 Å². The molecule has 0 saturated heterocycles. The van der Waals surface area contributed by atoms with Gasteiger partial charge < -0.3 is 0 Å². The topological polar surface area (TPSA) is 30.0 Å². The van der Waals surface area contributed by atoms with Crippen LogP contribution in [0.15, 0.2) is 10.5 Å². The average Bonchev–Trinajstić information content (AvgIpc) is 2.31. The molecule has 11 heavy (non-hydrogen) atoms. The molecule has 0 saturated carbocycles. The van der Waals surface area contributed by atoms with Crippen molar-refractivity contribution < 1.29 is 4.79 Å². The van der Waals surface area contributed by atoms with E-state index < -0.39 is 0 Å². The summed E-state index contributed by atoms with van der Waals surface area (Å²) in [5.41, 5.74) is 0. The fraction of sp³-hybridized carbons (Fsp3) is 0.429. The number of thioether (sulfide) groups is 1. The lowest BCUT2D eigenvalue weighted by molar-refractivity contribution is -0.114. The van der Waals surface area contributed by atoms with Gasteiger partial charge in [0.25, 0.3) is 0 Å². The normalized spacial score (nSPS) is 10.0. The van der Waals surface area contributed by atoms with Gasteiger partial charge in [0.2, 0.25) is 0 Å². The number of thiazole rings is 1. The highest BCUT2D eigenvalue weighted by atomic mass is 32.2. The molecular weight excluding hydrogens is 178 g/mol. The van der Waals surface area contributed by atoms with Gasteiger partial charge in [-0.15, -0.1) is 11.3 Å². The fourth-order valence-corrected chi connectivity index (χ4v) is 2.31. The minimum absolute atomic E-state index is 0.197. The maximum atomic E-state index is 10.6. The Morgan fingerprint density at radius 3 is 3.00 bits per heavy atom. The van der Waals surface area contributed by atoms with Crippen LogP contribution in [0.4, 0.5) is 0 Å². The Hall–Kier alpha value is -0.350. The third-order valence-corrected chi connectivity index (χ3v) is 3.21. The molecule has 1 rings (SSSR count). The summed E-state index contributed by atoms with van der Waals surface area (Å²) >= 11 is 3.14. The Kier molecular flexibility index (Phi) is 3.08. The Balaban J connectivity index is 2.45. The van der Waals surface area contributed by atoms with E-state index in [2.05, 4.69) is 4.98 Å². The van der Waals surface area contributed by atoms with Crippen LogP contribution in [0, 0.1) is 6.92 Å². The van der Waals surface area contributed by atoms with E-state index >= 15 is 0 Å². The number of carbonyl (C=O) groups is 1. The molecule has 0 unspecified atom stereocenters. The third kappa shape index (κ3) is 3.03. The highest BCUT2D eigenvalue weighted by molar-refractivity contribution is 8.01. The van der Waals surface area contributed by atoms with E-state index in [-0.39, 0.29) is 5.78 Å². The molecule has 1 aromatic rings. The van der Waals surface area contributed by atoms with Crippen molar-refractivity contribution in [1.29, 1.82) is 0 Å². The molecule has 0 aromatic carbocycles. The second-order valence-corrected chi connectivity index (χ2v) is 4.68. The van der Waals surface area contributed by atoms with E-state index in [1.165, 1.54) is 16.6 Å². The highest BCUT2D eigenvalue weighted by Gasteiger charge is 2.00. The fourth-order valence-electron chi connectivity index (χ4n) is 0.564. The van der Waals surface area contributed by atoms with Gasteiger partial charge in [-0.3, -0.25) is 4.79 Å². The zero-order valence-corrected chi connectivity index (χ0v) is 8.09. The standard InChI is InChI=1S/C7H9NOS2/c1-5(9)4-10-7-8-3-6(2)11-7/h3H,4H2,1-2H3. The van der Waals surface area contributed by atoms with Crippen molar-refractivity contribution in [3.63, 3.8) is 0 Å². The lowest BCUT2D eigenvalue weighted by Crippen LogP contribution is -1.91. The van der Waals surface area contributed by atoms with E-state index in [1.54, 1.807) is 18.3 Å². The third-order valence-electron chi connectivity index (χ3n) is 0.999. The van der Waals surface area contributed by atoms with Crippen LogP contribution < -0.4 is 0 Å². The first-order chi connectivity index (χ1) is 5.18. The largest absolute Gasteiger partial charge is 0.299 e. The van der Waals surface area contributed by atoms with Gasteiger partial charge in [0.1, 0.15) is 10.1 Å². The van der Waals surface area contributed by atoms with Crippen LogP contribution in [-0.4, -0.2) is 16.5 Å². The number of hydrogen-bond donors (Lipinski definition) is 0. The van der Waals surface area contributed by atoms with Gasteiger partial charge in [-0.2, -0.15) is 0 Å². The van der Waals surface area contributed by atoms with Crippen LogP contribution in [0.1, 0.15) is 11.8 Å². The van der Waals surface area contributed by atoms with E-state index in [0.717, 1.165) is 4.34 Å². The summed E-state index contributed by atoms with van der Waals surface area (Å²) in [6.45, 7) is 3.60. The number of ketones is 1. The molecule has 0 aliphatic heterocycles. The Morgan fingerprint density at radius 1 is 1.82 bits per heavy atom. The van der Waals surface area contributed by atoms with E-state index in [9.17, 15) is 4.79 Å². The second-order valence-electron chi connectivity index (χ2n) is 2.23. The quantitative estimate of drug-likeness (QED) is 0.679. The van der Waals surface area contributed by atoms with Crippen molar-refractivity contribution in [2.75, 3.05) is 5.75 Å². The van der Waals surface area contributed by atoms with Gasteiger partial charge in [0.15, 0.2) is 0 Å².